The van der Waals surface area contributed by atoms with Crippen LogP contribution in [0.1, 0.15) is 51.4 Å². The van der Waals surface area contributed by atoms with Gasteiger partial charge in [-0.3, -0.25) is 0 Å². The molecule has 0 saturated heterocycles. The van der Waals surface area contributed by atoms with E-state index in [1.165, 1.54) is 38.5 Å². The van der Waals surface area contributed by atoms with Crippen molar-refractivity contribution in [1.82, 2.24) is 0 Å². The summed E-state index contributed by atoms with van der Waals surface area (Å²) < 4.78 is 0. The highest BCUT2D eigenvalue weighted by atomic mass is 14.3. The molecule has 1 atom stereocenters. The van der Waals surface area contributed by atoms with Gasteiger partial charge in [0.1, 0.15) is 0 Å². The monoisotopic (exact) mass is 166 g/mol. The van der Waals surface area contributed by atoms with Crippen LogP contribution in [0.3, 0.4) is 0 Å². The van der Waals surface area contributed by atoms with E-state index in [0.29, 0.717) is 0 Å². The van der Waals surface area contributed by atoms with E-state index in [1.807, 2.05) is 0 Å². The van der Waals surface area contributed by atoms with E-state index < -0.39 is 0 Å². The third kappa shape index (κ3) is 2.80. The van der Waals surface area contributed by atoms with Gasteiger partial charge in [0.05, 0.1) is 0 Å². The second-order valence-corrected chi connectivity index (χ2v) is 4.09. The van der Waals surface area contributed by atoms with Gasteiger partial charge in [0, 0.05) is 0 Å². The molecular weight excluding hydrogens is 144 g/mol. The van der Waals surface area contributed by atoms with Crippen molar-refractivity contribution < 1.29 is 0 Å². The highest BCUT2D eigenvalue weighted by molar-refractivity contribution is 4.75. The molecule has 0 spiro atoms. The van der Waals surface area contributed by atoms with Gasteiger partial charge >= 0.3 is 0 Å². The molecule has 12 heavy (non-hydrogen) atoms. The van der Waals surface area contributed by atoms with E-state index >= 15 is 0 Å². The van der Waals surface area contributed by atoms with Crippen molar-refractivity contribution >= 4 is 0 Å². The first-order valence-corrected chi connectivity index (χ1v) is 5.47. The molecule has 1 aliphatic rings. The maximum absolute atomic E-state index is 4.05. The number of hydrogen-bond donors (Lipinski definition) is 0. The van der Waals surface area contributed by atoms with Gasteiger partial charge in [0.15, 0.2) is 0 Å². The maximum Gasteiger partial charge on any atom is -0.0386 e. The SMILES string of the molecule is [CH2]CCC(C[CH2])C1CCCCC1. The van der Waals surface area contributed by atoms with Gasteiger partial charge in [-0.05, 0) is 11.8 Å². The lowest BCUT2D eigenvalue weighted by molar-refractivity contribution is 0.237. The van der Waals surface area contributed by atoms with Crippen molar-refractivity contribution in [3.05, 3.63) is 13.8 Å². The summed E-state index contributed by atoms with van der Waals surface area (Å²) in [6.07, 6.45) is 10.8. The molecule has 0 heterocycles. The van der Waals surface area contributed by atoms with Crippen LogP contribution in [0.4, 0.5) is 0 Å². The Morgan fingerprint density at radius 1 is 1.08 bits per heavy atom. The van der Waals surface area contributed by atoms with Gasteiger partial charge < -0.3 is 0 Å². The van der Waals surface area contributed by atoms with Crippen molar-refractivity contribution in [2.45, 2.75) is 51.4 Å². The summed E-state index contributed by atoms with van der Waals surface area (Å²) in [5.74, 6) is 1.86. The van der Waals surface area contributed by atoms with Gasteiger partial charge in [-0.15, -0.1) is 0 Å². The zero-order valence-electron chi connectivity index (χ0n) is 8.23. The number of hydrogen-bond acceptors (Lipinski definition) is 0. The zero-order valence-corrected chi connectivity index (χ0v) is 8.23. The van der Waals surface area contributed by atoms with Crippen LogP contribution in [0.5, 0.6) is 0 Å². The smallest absolute Gasteiger partial charge is 0.0386 e. The Balaban J connectivity index is 2.29. The van der Waals surface area contributed by atoms with E-state index in [2.05, 4.69) is 13.8 Å². The van der Waals surface area contributed by atoms with Crippen LogP contribution in [0.2, 0.25) is 0 Å². The van der Waals surface area contributed by atoms with E-state index in [9.17, 15) is 0 Å². The Hall–Kier alpha value is 0. The van der Waals surface area contributed by atoms with Crippen LogP contribution in [0, 0.1) is 25.7 Å². The fourth-order valence-corrected chi connectivity index (χ4v) is 2.48. The van der Waals surface area contributed by atoms with Crippen molar-refractivity contribution in [2.24, 2.45) is 11.8 Å². The molecular formula is C12H22. The lowest BCUT2D eigenvalue weighted by Crippen LogP contribution is -2.17. The van der Waals surface area contributed by atoms with E-state index in [4.69, 9.17) is 0 Å². The van der Waals surface area contributed by atoms with Crippen molar-refractivity contribution in [3.63, 3.8) is 0 Å². The molecule has 0 amide bonds. The molecule has 1 unspecified atom stereocenters. The number of rotatable bonds is 4. The van der Waals surface area contributed by atoms with Crippen molar-refractivity contribution in [1.29, 1.82) is 0 Å². The summed E-state index contributed by atoms with van der Waals surface area (Å²) in [5, 5.41) is 0. The van der Waals surface area contributed by atoms with Gasteiger partial charge in [0.2, 0.25) is 0 Å². The highest BCUT2D eigenvalue weighted by Crippen LogP contribution is 2.33. The fourth-order valence-electron chi connectivity index (χ4n) is 2.48. The van der Waals surface area contributed by atoms with Crippen molar-refractivity contribution in [3.8, 4) is 0 Å². The summed E-state index contributed by atoms with van der Waals surface area (Å²) in [4.78, 5) is 0. The van der Waals surface area contributed by atoms with E-state index in [0.717, 1.165) is 24.7 Å². The minimum atomic E-state index is 0.878. The van der Waals surface area contributed by atoms with Crippen LogP contribution in [-0.2, 0) is 0 Å². The Labute approximate surface area is 77.7 Å². The lowest BCUT2D eigenvalue weighted by atomic mass is 9.77. The summed E-state index contributed by atoms with van der Waals surface area (Å²) in [7, 11) is 0. The summed E-state index contributed by atoms with van der Waals surface area (Å²) >= 11 is 0. The molecule has 0 heteroatoms. The Kier molecular flexibility index (Phi) is 4.72. The fraction of sp³-hybridized carbons (Fsp3) is 0.833. The average Bonchev–Trinajstić information content (AvgIpc) is 2.15. The maximum atomic E-state index is 4.05. The van der Waals surface area contributed by atoms with Crippen LogP contribution in [0.25, 0.3) is 0 Å². The molecule has 0 aromatic rings. The highest BCUT2D eigenvalue weighted by Gasteiger charge is 2.20. The molecule has 0 aromatic heterocycles. The van der Waals surface area contributed by atoms with Crippen LogP contribution in [0.15, 0.2) is 0 Å². The molecule has 1 aliphatic carbocycles. The largest absolute Gasteiger partial charge is 0.0533 e. The molecule has 0 aromatic carbocycles. The normalized spacial score (nSPS) is 22.5. The third-order valence-electron chi connectivity index (χ3n) is 3.26. The lowest BCUT2D eigenvalue weighted by Gasteiger charge is -2.29. The molecule has 0 N–H and O–H groups in total. The predicted octanol–water partition coefficient (Wildman–Crippen LogP) is 4.02. The molecule has 0 bridgehead atoms. The van der Waals surface area contributed by atoms with Gasteiger partial charge in [-0.2, -0.15) is 0 Å². The predicted molar refractivity (Wildman–Crippen MR) is 54.6 cm³/mol. The molecule has 2 radical (unpaired) electrons. The molecule has 70 valence electrons. The minimum absolute atomic E-state index is 0.878. The second-order valence-electron chi connectivity index (χ2n) is 4.09. The van der Waals surface area contributed by atoms with Gasteiger partial charge in [-0.25, -0.2) is 0 Å². The molecule has 0 aliphatic heterocycles. The van der Waals surface area contributed by atoms with Crippen LogP contribution >= 0.6 is 0 Å². The Morgan fingerprint density at radius 3 is 2.25 bits per heavy atom. The Morgan fingerprint density at radius 2 is 1.75 bits per heavy atom. The first-order chi connectivity index (χ1) is 5.88. The van der Waals surface area contributed by atoms with Gasteiger partial charge in [0.25, 0.3) is 0 Å². The van der Waals surface area contributed by atoms with E-state index in [1.54, 1.807) is 0 Å². The van der Waals surface area contributed by atoms with Crippen molar-refractivity contribution in [2.75, 3.05) is 0 Å². The standard InChI is InChI=1S/C12H22/c1-3-8-11(4-2)12-9-6-5-7-10-12/h11-12H,1-10H2. The average molecular weight is 166 g/mol. The topological polar surface area (TPSA) is 0 Å². The quantitative estimate of drug-likeness (QED) is 0.591. The summed E-state index contributed by atoms with van der Waals surface area (Å²) in [6.45, 7) is 7.99. The van der Waals surface area contributed by atoms with Crippen LogP contribution < -0.4 is 0 Å². The summed E-state index contributed by atoms with van der Waals surface area (Å²) in [5.41, 5.74) is 0. The molecule has 1 rings (SSSR count). The van der Waals surface area contributed by atoms with E-state index in [-0.39, 0.29) is 0 Å². The molecule has 1 fully saturated rings. The summed E-state index contributed by atoms with van der Waals surface area (Å²) in [6, 6.07) is 0. The van der Waals surface area contributed by atoms with Gasteiger partial charge in [-0.1, -0.05) is 65.2 Å². The first kappa shape index (κ1) is 10.1. The third-order valence-corrected chi connectivity index (χ3v) is 3.26. The second kappa shape index (κ2) is 5.61. The Bertz CT molecular complexity index is 97.9. The molecule has 1 saturated carbocycles. The zero-order chi connectivity index (χ0) is 8.81. The molecule has 0 nitrogen and oxygen atoms in total. The van der Waals surface area contributed by atoms with Crippen LogP contribution in [-0.4, -0.2) is 0 Å². The first-order valence-electron chi connectivity index (χ1n) is 5.47. The minimum Gasteiger partial charge on any atom is -0.0533 e.